The molecule has 3 rings (SSSR count). The summed E-state index contributed by atoms with van der Waals surface area (Å²) in [6, 6.07) is 5.37. The van der Waals surface area contributed by atoms with Crippen LogP contribution in [0.1, 0.15) is 16.5 Å². The van der Waals surface area contributed by atoms with Crippen LogP contribution in [0.3, 0.4) is 0 Å². The van der Waals surface area contributed by atoms with Gasteiger partial charge in [0.15, 0.2) is 0 Å². The van der Waals surface area contributed by atoms with Gasteiger partial charge in [-0.15, -0.1) is 11.3 Å². The summed E-state index contributed by atoms with van der Waals surface area (Å²) in [7, 11) is 0. The van der Waals surface area contributed by atoms with E-state index in [-0.39, 0.29) is 5.91 Å². The highest BCUT2D eigenvalue weighted by atomic mass is 32.1. The van der Waals surface area contributed by atoms with Crippen LogP contribution in [-0.2, 0) is 4.79 Å². The van der Waals surface area contributed by atoms with Gasteiger partial charge in [-0.1, -0.05) is 5.16 Å². The van der Waals surface area contributed by atoms with Crippen molar-refractivity contribution in [1.82, 2.24) is 10.1 Å². The van der Waals surface area contributed by atoms with Crippen molar-refractivity contribution in [3.05, 3.63) is 47.1 Å². The van der Waals surface area contributed by atoms with E-state index < -0.39 is 0 Å². The third kappa shape index (κ3) is 3.15. The van der Waals surface area contributed by atoms with E-state index in [1.165, 1.54) is 17.4 Å². The van der Waals surface area contributed by atoms with Gasteiger partial charge in [-0.2, -0.15) is 4.98 Å². The van der Waals surface area contributed by atoms with Crippen molar-refractivity contribution in [2.45, 2.75) is 13.8 Å². The van der Waals surface area contributed by atoms with Gasteiger partial charge in [-0.25, -0.2) is 0 Å². The summed E-state index contributed by atoms with van der Waals surface area (Å²) in [5, 5.41) is 6.70. The number of aryl methyl sites for hydroxylation is 2. The minimum Gasteiger partial charge on any atom is -0.465 e. The smallest absolute Gasteiger partial charge is 0.248 e. The van der Waals surface area contributed by atoms with Crippen molar-refractivity contribution >= 4 is 29.0 Å². The molecular formula is C15H13N3O3S. The van der Waals surface area contributed by atoms with Gasteiger partial charge in [-0.3, -0.25) is 4.79 Å². The second kappa shape index (κ2) is 5.98. The molecule has 0 saturated carbocycles. The van der Waals surface area contributed by atoms with Gasteiger partial charge in [0.05, 0.1) is 16.8 Å². The molecule has 22 heavy (non-hydrogen) atoms. The molecule has 112 valence electrons. The molecule has 0 saturated heterocycles. The Balaban J connectivity index is 1.72. The lowest BCUT2D eigenvalue weighted by molar-refractivity contribution is -0.111. The second-order valence-corrected chi connectivity index (χ2v) is 5.81. The molecule has 0 aliphatic rings. The van der Waals surface area contributed by atoms with E-state index in [1.54, 1.807) is 31.4 Å². The number of aromatic nitrogens is 2. The summed E-state index contributed by atoms with van der Waals surface area (Å²) in [5.41, 5.74) is 0.733. The topological polar surface area (TPSA) is 81.2 Å². The SMILES string of the molecule is Cc1nc(-c2cc(NC(=O)C=Cc3ccco3)c(C)s2)no1. The molecule has 0 aliphatic carbocycles. The number of amides is 1. The maximum atomic E-state index is 11.9. The van der Waals surface area contributed by atoms with Gasteiger partial charge in [0.1, 0.15) is 5.76 Å². The van der Waals surface area contributed by atoms with Gasteiger partial charge in [0.2, 0.25) is 17.6 Å². The number of thiophene rings is 1. The van der Waals surface area contributed by atoms with Gasteiger partial charge in [0.25, 0.3) is 0 Å². The molecule has 1 N–H and O–H groups in total. The van der Waals surface area contributed by atoms with Crippen LogP contribution < -0.4 is 5.32 Å². The number of hydrogen-bond acceptors (Lipinski definition) is 6. The molecule has 3 aromatic rings. The second-order valence-electron chi connectivity index (χ2n) is 4.56. The highest BCUT2D eigenvalue weighted by Gasteiger charge is 2.13. The number of anilines is 1. The van der Waals surface area contributed by atoms with Crippen LogP contribution in [0, 0.1) is 13.8 Å². The molecule has 0 radical (unpaired) electrons. The third-order valence-corrected chi connectivity index (χ3v) is 3.91. The fourth-order valence-electron chi connectivity index (χ4n) is 1.83. The maximum Gasteiger partial charge on any atom is 0.248 e. The maximum absolute atomic E-state index is 11.9. The van der Waals surface area contributed by atoms with E-state index >= 15 is 0 Å². The van der Waals surface area contributed by atoms with Crippen LogP contribution in [0.5, 0.6) is 0 Å². The lowest BCUT2D eigenvalue weighted by atomic mass is 10.3. The Morgan fingerprint density at radius 2 is 2.27 bits per heavy atom. The molecule has 7 heteroatoms. The highest BCUT2D eigenvalue weighted by molar-refractivity contribution is 7.16. The summed E-state index contributed by atoms with van der Waals surface area (Å²) in [6.45, 7) is 3.66. The first-order valence-corrected chi connectivity index (χ1v) is 7.37. The largest absolute Gasteiger partial charge is 0.465 e. The van der Waals surface area contributed by atoms with E-state index in [9.17, 15) is 4.79 Å². The average molecular weight is 315 g/mol. The third-order valence-electron chi connectivity index (χ3n) is 2.87. The molecule has 3 heterocycles. The number of hydrogen-bond donors (Lipinski definition) is 1. The Morgan fingerprint density at radius 3 is 2.95 bits per heavy atom. The lowest BCUT2D eigenvalue weighted by Gasteiger charge is -1.99. The number of nitrogens with one attached hydrogen (secondary N) is 1. The molecule has 0 spiro atoms. The Labute approximate surface area is 130 Å². The first-order valence-electron chi connectivity index (χ1n) is 6.55. The summed E-state index contributed by atoms with van der Waals surface area (Å²) in [4.78, 5) is 17.9. The number of carbonyl (C=O) groups excluding carboxylic acids is 1. The molecule has 3 aromatic heterocycles. The number of nitrogens with zero attached hydrogens (tertiary/aromatic N) is 2. The molecule has 6 nitrogen and oxygen atoms in total. The van der Waals surface area contributed by atoms with Crippen molar-refractivity contribution in [2.24, 2.45) is 0 Å². The van der Waals surface area contributed by atoms with E-state index in [0.717, 1.165) is 15.4 Å². The van der Waals surface area contributed by atoms with Crippen LogP contribution in [0.25, 0.3) is 16.8 Å². The van der Waals surface area contributed by atoms with E-state index in [1.807, 2.05) is 13.0 Å². The van der Waals surface area contributed by atoms with Gasteiger partial charge < -0.3 is 14.3 Å². The molecule has 0 unspecified atom stereocenters. The first-order chi connectivity index (χ1) is 10.6. The van der Waals surface area contributed by atoms with Crippen LogP contribution in [0.15, 0.2) is 39.5 Å². The zero-order valence-corrected chi connectivity index (χ0v) is 12.8. The Kier molecular flexibility index (Phi) is 3.88. The normalized spacial score (nSPS) is 11.2. The van der Waals surface area contributed by atoms with Crippen molar-refractivity contribution < 1.29 is 13.7 Å². The van der Waals surface area contributed by atoms with Crippen molar-refractivity contribution in [1.29, 1.82) is 0 Å². The standard InChI is InChI=1S/C15H13N3O3S/c1-9-12(8-13(22-9)15-16-10(2)21-18-15)17-14(19)6-5-11-4-3-7-20-11/h3-8H,1-2H3,(H,17,19). The van der Waals surface area contributed by atoms with Crippen molar-refractivity contribution in [2.75, 3.05) is 5.32 Å². The molecule has 0 bridgehead atoms. The van der Waals surface area contributed by atoms with E-state index in [0.29, 0.717) is 17.5 Å². The summed E-state index contributed by atoms with van der Waals surface area (Å²) in [5.74, 6) is 1.43. The molecule has 0 fully saturated rings. The van der Waals surface area contributed by atoms with Crippen molar-refractivity contribution in [3.8, 4) is 10.7 Å². The lowest BCUT2D eigenvalue weighted by Crippen LogP contribution is -2.07. The average Bonchev–Trinajstić information content (AvgIpc) is 3.19. The first kappa shape index (κ1) is 14.3. The minimum atomic E-state index is -0.229. The van der Waals surface area contributed by atoms with E-state index in [4.69, 9.17) is 8.94 Å². The monoisotopic (exact) mass is 315 g/mol. The molecule has 1 amide bonds. The van der Waals surface area contributed by atoms with Crippen LogP contribution in [0.4, 0.5) is 5.69 Å². The zero-order chi connectivity index (χ0) is 15.5. The molecule has 0 aromatic carbocycles. The van der Waals surface area contributed by atoms with Crippen LogP contribution in [-0.4, -0.2) is 16.0 Å². The van der Waals surface area contributed by atoms with Crippen LogP contribution in [0.2, 0.25) is 0 Å². The van der Waals surface area contributed by atoms with E-state index in [2.05, 4.69) is 15.5 Å². The van der Waals surface area contributed by atoms with Gasteiger partial charge >= 0.3 is 0 Å². The zero-order valence-electron chi connectivity index (χ0n) is 12.0. The minimum absolute atomic E-state index is 0.229. The number of carbonyl (C=O) groups is 1. The highest BCUT2D eigenvalue weighted by Crippen LogP contribution is 2.32. The predicted molar refractivity (Wildman–Crippen MR) is 83.5 cm³/mol. The Morgan fingerprint density at radius 1 is 1.41 bits per heavy atom. The fraction of sp³-hybridized carbons (Fsp3) is 0.133. The number of rotatable bonds is 4. The fourth-order valence-corrected chi connectivity index (χ4v) is 2.73. The summed E-state index contributed by atoms with van der Waals surface area (Å²) in [6.07, 6.45) is 4.59. The van der Waals surface area contributed by atoms with Crippen LogP contribution >= 0.6 is 11.3 Å². The Bertz CT molecular complexity index is 815. The molecule has 0 aliphatic heterocycles. The summed E-state index contributed by atoms with van der Waals surface area (Å²) < 4.78 is 10.1. The quantitative estimate of drug-likeness (QED) is 0.743. The Hall–Kier alpha value is -2.67. The summed E-state index contributed by atoms with van der Waals surface area (Å²) >= 11 is 1.50. The molecule has 0 atom stereocenters. The number of furan rings is 1. The predicted octanol–water partition coefficient (Wildman–Crippen LogP) is 3.66. The van der Waals surface area contributed by atoms with Crippen molar-refractivity contribution in [3.63, 3.8) is 0 Å². The van der Waals surface area contributed by atoms with Gasteiger partial charge in [0, 0.05) is 17.9 Å². The molecular weight excluding hydrogens is 302 g/mol. The van der Waals surface area contributed by atoms with Gasteiger partial charge in [-0.05, 0) is 31.2 Å².